The molecular formula is C16H19NO. The number of hydrogen-bond donors (Lipinski definition) is 0. The summed E-state index contributed by atoms with van der Waals surface area (Å²) in [5, 5.41) is 0. The van der Waals surface area contributed by atoms with E-state index in [2.05, 4.69) is 4.98 Å². The molecule has 0 fully saturated rings. The molecule has 1 heterocycles. The van der Waals surface area contributed by atoms with Gasteiger partial charge in [0.25, 0.3) is 0 Å². The van der Waals surface area contributed by atoms with Gasteiger partial charge in [0.15, 0.2) is 0 Å². The van der Waals surface area contributed by atoms with Crippen molar-refractivity contribution in [1.29, 1.82) is 0 Å². The van der Waals surface area contributed by atoms with Crippen LogP contribution in [0.1, 0.15) is 26.3 Å². The summed E-state index contributed by atoms with van der Waals surface area (Å²) < 4.78 is 0. The summed E-state index contributed by atoms with van der Waals surface area (Å²) in [6.45, 7) is 5.60. The zero-order valence-corrected chi connectivity index (χ0v) is 11.2. The number of aromatic nitrogens is 1. The average Bonchev–Trinajstić information content (AvgIpc) is 2.42. The van der Waals surface area contributed by atoms with Crippen LogP contribution in [0.25, 0.3) is 11.3 Å². The molecule has 0 amide bonds. The fourth-order valence-electron chi connectivity index (χ4n) is 1.61. The summed E-state index contributed by atoms with van der Waals surface area (Å²) in [6, 6.07) is 13.8. The molecule has 1 aromatic carbocycles. The first-order valence-electron chi connectivity index (χ1n) is 6.25. The van der Waals surface area contributed by atoms with Crippen LogP contribution in [0.3, 0.4) is 0 Å². The number of Topliss-reactive ketones (excluding diaryl/α,β-unsaturated/α-hetero) is 1. The Bertz CT molecular complexity index is 474. The molecule has 2 nitrogen and oxygen atoms in total. The standard InChI is InChI=1S/C14H13NO.C2H6/c1-11(16)10-12-5-7-13(8-6-12)14-4-2-3-9-15-14;1-2/h2-9H,10H2,1H3;1-2H3. The van der Waals surface area contributed by atoms with Crippen LogP contribution in [-0.2, 0) is 11.2 Å². The minimum absolute atomic E-state index is 0.186. The molecule has 2 heteroatoms. The zero-order chi connectivity index (χ0) is 13.4. The van der Waals surface area contributed by atoms with Crippen LogP contribution in [0.2, 0.25) is 0 Å². The fourth-order valence-corrected chi connectivity index (χ4v) is 1.61. The van der Waals surface area contributed by atoms with Crippen molar-refractivity contribution >= 4 is 5.78 Å². The van der Waals surface area contributed by atoms with Gasteiger partial charge in [-0.25, -0.2) is 0 Å². The van der Waals surface area contributed by atoms with E-state index >= 15 is 0 Å². The molecule has 0 aliphatic rings. The highest BCUT2D eigenvalue weighted by molar-refractivity contribution is 5.78. The molecule has 2 aromatic rings. The van der Waals surface area contributed by atoms with Crippen LogP contribution in [-0.4, -0.2) is 10.8 Å². The third kappa shape index (κ3) is 4.13. The fraction of sp³-hybridized carbons (Fsp3) is 0.250. The molecule has 0 radical (unpaired) electrons. The third-order valence-corrected chi connectivity index (χ3v) is 2.37. The van der Waals surface area contributed by atoms with Crippen molar-refractivity contribution in [2.45, 2.75) is 27.2 Å². The van der Waals surface area contributed by atoms with Crippen molar-refractivity contribution in [3.05, 3.63) is 54.2 Å². The maximum atomic E-state index is 11.0. The van der Waals surface area contributed by atoms with Gasteiger partial charge in [0.05, 0.1) is 5.69 Å². The van der Waals surface area contributed by atoms with Gasteiger partial charge < -0.3 is 0 Å². The van der Waals surface area contributed by atoms with Gasteiger partial charge in [-0.3, -0.25) is 9.78 Å². The molecule has 1 aromatic heterocycles. The maximum Gasteiger partial charge on any atom is 0.134 e. The van der Waals surface area contributed by atoms with Crippen LogP contribution in [0.15, 0.2) is 48.7 Å². The molecule has 0 saturated heterocycles. The van der Waals surface area contributed by atoms with Crippen LogP contribution in [0, 0.1) is 0 Å². The molecule has 0 atom stereocenters. The molecule has 0 aliphatic carbocycles. The Balaban J connectivity index is 0.000000771. The molecule has 18 heavy (non-hydrogen) atoms. The van der Waals surface area contributed by atoms with Crippen molar-refractivity contribution in [2.24, 2.45) is 0 Å². The van der Waals surface area contributed by atoms with E-state index < -0.39 is 0 Å². The Morgan fingerprint density at radius 1 is 1.06 bits per heavy atom. The number of pyridine rings is 1. The number of carbonyl (C=O) groups excluding carboxylic acids is 1. The van der Waals surface area contributed by atoms with E-state index in [1.54, 1.807) is 13.1 Å². The molecule has 2 rings (SSSR count). The Morgan fingerprint density at radius 3 is 2.22 bits per heavy atom. The molecule has 0 spiro atoms. The van der Waals surface area contributed by atoms with Crippen LogP contribution < -0.4 is 0 Å². The van der Waals surface area contributed by atoms with E-state index in [4.69, 9.17) is 0 Å². The van der Waals surface area contributed by atoms with Crippen LogP contribution in [0.5, 0.6) is 0 Å². The first kappa shape index (κ1) is 14.1. The molecule has 94 valence electrons. The molecule has 0 saturated carbocycles. The number of hydrogen-bond acceptors (Lipinski definition) is 2. The summed E-state index contributed by atoms with van der Waals surface area (Å²) in [5.74, 6) is 0.186. The van der Waals surface area contributed by atoms with Gasteiger partial charge in [0, 0.05) is 18.2 Å². The lowest BCUT2D eigenvalue weighted by Crippen LogP contribution is -1.95. The van der Waals surface area contributed by atoms with Gasteiger partial charge in [-0.15, -0.1) is 0 Å². The summed E-state index contributed by atoms with van der Waals surface area (Å²) >= 11 is 0. The minimum atomic E-state index is 0.186. The molecular weight excluding hydrogens is 222 g/mol. The Kier molecular flexibility index (Phi) is 5.78. The lowest BCUT2D eigenvalue weighted by molar-refractivity contribution is -0.116. The second-order valence-corrected chi connectivity index (χ2v) is 3.79. The number of rotatable bonds is 3. The van der Waals surface area contributed by atoms with E-state index in [9.17, 15) is 4.79 Å². The monoisotopic (exact) mass is 241 g/mol. The van der Waals surface area contributed by atoms with Crippen LogP contribution >= 0.6 is 0 Å². The highest BCUT2D eigenvalue weighted by atomic mass is 16.1. The summed E-state index contributed by atoms with van der Waals surface area (Å²) in [5.41, 5.74) is 3.08. The average molecular weight is 241 g/mol. The van der Waals surface area contributed by atoms with Gasteiger partial charge in [-0.1, -0.05) is 44.2 Å². The third-order valence-electron chi connectivity index (χ3n) is 2.37. The quantitative estimate of drug-likeness (QED) is 0.815. The SMILES string of the molecule is CC.CC(=O)Cc1ccc(-c2ccccn2)cc1. The molecule has 0 unspecified atom stereocenters. The minimum Gasteiger partial charge on any atom is -0.300 e. The predicted octanol–water partition coefficient (Wildman–Crippen LogP) is 3.91. The maximum absolute atomic E-state index is 11.0. The van der Waals surface area contributed by atoms with Gasteiger partial charge in [-0.05, 0) is 24.6 Å². The lowest BCUT2D eigenvalue weighted by atomic mass is 10.1. The first-order chi connectivity index (χ1) is 8.75. The number of nitrogens with zero attached hydrogens (tertiary/aromatic N) is 1. The smallest absolute Gasteiger partial charge is 0.134 e. The van der Waals surface area contributed by atoms with Crippen molar-refractivity contribution in [3.63, 3.8) is 0 Å². The zero-order valence-electron chi connectivity index (χ0n) is 11.2. The van der Waals surface area contributed by atoms with E-state index in [0.29, 0.717) is 6.42 Å². The lowest BCUT2D eigenvalue weighted by Gasteiger charge is -2.02. The molecule has 0 N–H and O–H groups in total. The summed E-state index contributed by atoms with van der Waals surface area (Å²) in [4.78, 5) is 15.2. The van der Waals surface area contributed by atoms with Gasteiger partial charge in [-0.2, -0.15) is 0 Å². The summed E-state index contributed by atoms with van der Waals surface area (Å²) in [7, 11) is 0. The Labute approximate surface area is 109 Å². The van der Waals surface area contributed by atoms with Crippen LogP contribution in [0.4, 0.5) is 0 Å². The van der Waals surface area contributed by atoms with Gasteiger partial charge in [0.2, 0.25) is 0 Å². The van der Waals surface area contributed by atoms with E-state index in [-0.39, 0.29) is 5.78 Å². The van der Waals surface area contributed by atoms with E-state index in [1.807, 2.05) is 56.3 Å². The topological polar surface area (TPSA) is 30.0 Å². The van der Waals surface area contributed by atoms with Crippen molar-refractivity contribution < 1.29 is 4.79 Å². The number of carbonyl (C=O) groups is 1. The first-order valence-corrected chi connectivity index (χ1v) is 6.25. The predicted molar refractivity (Wildman–Crippen MR) is 75.4 cm³/mol. The molecule has 0 bridgehead atoms. The van der Waals surface area contributed by atoms with Crippen molar-refractivity contribution in [1.82, 2.24) is 4.98 Å². The van der Waals surface area contributed by atoms with Crippen molar-refractivity contribution in [2.75, 3.05) is 0 Å². The van der Waals surface area contributed by atoms with E-state index in [1.165, 1.54) is 0 Å². The van der Waals surface area contributed by atoms with Gasteiger partial charge >= 0.3 is 0 Å². The Morgan fingerprint density at radius 2 is 1.72 bits per heavy atom. The highest BCUT2D eigenvalue weighted by Crippen LogP contribution is 2.16. The van der Waals surface area contributed by atoms with E-state index in [0.717, 1.165) is 16.8 Å². The highest BCUT2D eigenvalue weighted by Gasteiger charge is 2.00. The molecule has 0 aliphatic heterocycles. The normalized spacial score (nSPS) is 9.28. The number of ketones is 1. The van der Waals surface area contributed by atoms with Gasteiger partial charge in [0.1, 0.15) is 5.78 Å². The van der Waals surface area contributed by atoms with Crippen molar-refractivity contribution in [3.8, 4) is 11.3 Å². The largest absolute Gasteiger partial charge is 0.300 e. The number of benzene rings is 1. The second-order valence-electron chi connectivity index (χ2n) is 3.79. The summed E-state index contributed by atoms with van der Waals surface area (Å²) in [6.07, 6.45) is 2.28. The second kappa shape index (κ2) is 7.38. The Hall–Kier alpha value is -1.96.